The maximum absolute atomic E-state index is 13.2. The molecule has 2 aliphatic heterocycles. The molecule has 0 bridgehead atoms. The second-order valence-electron chi connectivity index (χ2n) is 8.55. The van der Waals surface area contributed by atoms with Crippen molar-refractivity contribution in [1.82, 2.24) is 19.8 Å². The number of halogens is 2. The average molecular weight is 503 g/mol. The number of alkyl halides is 1. The fourth-order valence-electron chi connectivity index (χ4n) is 4.13. The van der Waals surface area contributed by atoms with E-state index in [1.54, 1.807) is 35.2 Å². The lowest BCUT2D eigenvalue weighted by atomic mass is 10.2. The Morgan fingerprint density at radius 3 is 2.74 bits per heavy atom. The summed E-state index contributed by atoms with van der Waals surface area (Å²) in [5, 5.41) is 6.32. The number of carbonyl (C=O) groups is 2. The van der Waals surface area contributed by atoms with Gasteiger partial charge in [0.05, 0.1) is 13.3 Å². The number of amides is 2. The van der Waals surface area contributed by atoms with E-state index in [4.69, 9.17) is 16.3 Å². The summed E-state index contributed by atoms with van der Waals surface area (Å²) < 4.78 is 18.3. The zero-order chi connectivity index (χ0) is 24.8. The first-order valence-electron chi connectivity index (χ1n) is 11.5. The molecule has 0 radical (unpaired) electrons. The molecule has 9 nitrogen and oxygen atoms in total. The smallest absolute Gasteiger partial charge is 0.253 e. The fourth-order valence-corrected chi connectivity index (χ4v) is 4.30. The third kappa shape index (κ3) is 6.67. The summed E-state index contributed by atoms with van der Waals surface area (Å²) in [6.07, 6.45) is 5.17. The minimum absolute atomic E-state index is 0.00605. The second kappa shape index (κ2) is 11.5. The predicted octanol–water partition coefficient (Wildman–Crippen LogP) is 3.00. The van der Waals surface area contributed by atoms with Crippen molar-refractivity contribution in [3.63, 3.8) is 0 Å². The van der Waals surface area contributed by atoms with E-state index in [9.17, 15) is 14.0 Å². The van der Waals surface area contributed by atoms with E-state index in [1.165, 1.54) is 19.4 Å². The van der Waals surface area contributed by atoms with Crippen LogP contribution in [0.4, 0.5) is 16.0 Å². The molecule has 11 heteroatoms. The molecule has 2 N–H and O–H groups in total. The van der Waals surface area contributed by atoms with Gasteiger partial charge in [0.2, 0.25) is 17.7 Å². The minimum Gasteiger partial charge on any atom is -0.480 e. The van der Waals surface area contributed by atoms with Crippen LogP contribution >= 0.6 is 11.6 Å². The van der Waals surface area contributed by atoms with E-state index < -0.39 is 6.17 Å². The normalized spacial score (nSPS) is 20.4. The number of carbonyl (C=O) groups excluding carboxylic acids is 2. The second-order valence-corrected chi connectivity index (χ2v) is 8.95. The molecule has 3 heterocycles. The van der Waals surface area contributed by atoms with E-state index >= 15 is 0 Å². The molecule has 1 aromatic carbocycles. The Balaban J connectivity index is 1.25. The van der Waals surface area contributed by atoms with E-state index in [-0.39, 0.29) is 17.9 Å². The number of benzene rings is 1. The van der Waals surface area contributed by atoms with Crippen LogP contribution in [0.1, 0.15) is 23.2 Å². The number of rotatable bonds is 8. The highest BCUT2D eigenvalue weighted by Gasteiger charge is 2.27. The fraction of sp³-hybridized carbons (Fsp3) is 0.417. The largest absolute Gasteiger partial charge is 0.480 e. The number of likely N-dealkylation sites (tertiary alicyclic amines) is 2. The van der Waals surface area contributed by atoms with Crippen molar-refractivity contribution in [2.24, 2.45) is 0 Å². The van der Waals surface area contributed by atoms with Crippen LogP contribution in [0.5, 0.6) is 5.88 Å². The van der Waals surface area contributed by atoms with Crippen LogP contribution in [0, 0.1) is 0 Å². The summed E-state index contributed by atoms with van der Waals surface area (Å²) >= 11 is 5.97. The van der Waals surface area contributed by atoms with Crippen molar-refractivity contribution < 1.29 is 18.7 Å². The predicted molar refractivity (Wildman–Crippen MR) is 132 cm³/mol. The third-order valence-corrected chi connectivity index (χ3v) is 6.22. The van der Waals surface area contributed by atoms with Crippen LogP contribution in [0.2, 0.25) is 5.02 Å². The Morgan fingerprint density at radius 1 is 1.23 bits per heavy atom. The monoisotopic (exact) mass is 502 g/mol. The van der Waals surface area contributed by atoms with Crippen LogP contribution in [0.25, 0.3) is 0 Å². The lowest BCUT2D eigenvalue weighted by Gasteiger charge is -2.17. The molecule has 2 aliphatic rings. The zero-order valence-electron chi connectivity index (χ0n) is 19.4. The lowest BCUT2D eigenvalue weighted by Crippen LogP contribution is -2.31. The van der Waals surface area contributed by atoms with Gasteiger partial charge in [0.1, 0.15) is 11.2 Å². The highest BCUT2D eigenvalue weighted by molar-refractivity contribution is 6.31. The lowest BCUT2D eigenvalue weighted by molar-refractivity contribution is -0.111. The van der Waals surface area contributed by atoms with Crippen LogP contribution in [-0.4, -0.2) is 83.6 Å². The van der Waals surface area contributed by atoms with Gasteiger partial charge in [-0.25, -0.2) is 9.37 Å². The quantitative estimate of drug-likeness (QED) is 0.535. The summed E-state index contributed by atoms with van der Waals surface area (Å²) in [6, 6.07) is 6.80. The number of anilines is 2. The standard InChI is InChI=1S/C24H28ClFN6O3/c1-35-22-20(25)13-27-24(30-22)29-19-9-12-32(15-19)23(34)16-4-6-18(7-5-16)28-21(33)3-2-10-31-11-8-17(26)14-31/h2-7,13,17,19H,8-12,14-15H2,1H3,(H,28,33)(H,27,29,30)/b3-2+. The number of methoxy groups -OCH3 is 1. The van der Waals surface area contributed by atoms with Gasteiger partial charge in [-0.15, -0.1) is 0 Å². The Hall–Kier alpha value is -3.24. The summed E-state index contributed by atoms with van der Waals surface area (Å²) in [4.78, 5) is 37.1. The molecule has 2 atom stereocenters. The van der Waals surface area contributed by atoms with Crippen molar-refractivity contribution in [2.45, 2.75) is 25.1 Å². The first-order valence-corrected chi connectivity index (χ1v) is 11.9. The topological polar surface area (TPSA) is 99.7 Å². The highest BCUT2D eigenvalue weighted by Crippen LogP contribution is 2.23. The Bertz CT molecular complexity index is 1080. The number of nitrogens with zero attached hydrogens (tertiary/aromatic N) is 4. The zero-order valence-corrected chi connectivity index (χ0v) is 20.2. The molecule has 0 spiro atoms. The molecule has 2 unspecified atom stereocenters. The third-order valence-electron chi connectivity index (χ3n) is 5.96. The van der Waals surface area contributed by atoms with Crippen LogP contribution < -0.4 is 15.4 Å². The van der Waals surface area contributed by atoms with Crippen LogP contribution in [0.15, 0.2) is 42.6 Å². The van der Waals surface area contributed by atoms with Crippen molar-refractivity contribution in [1.29, 1.82) is 0 Å². The molecule has 1 aromatic heterocycles. The molecule has 0 aliphatic carbocycles. The van der Waals surface area contributed by atoms with Gasteiger partial charge in [0, 0.05) is 56.1 Å². The summed E-state index contributed by atoms with van der Waals surface area (Å²) in [6.45, 7) is 2.78. The molecule has 2 amide bonds. The number of ether oxygens (including phenoxy) is 1. The number of hydrogen-bond acceptors (Lipinski definition) is 7. The average Bonchev–Trinajstić information content (AvgIpc) is 3.49. The number of aromatic nitrogens is 2. The van der Waals surface area contributed by atoms with Gasteiger partial charge in [0.15, 0.2) is 0 Å². The molecule has 0 saturated carbocycles. The summed E-state index contributed by atoms with van der Waals surface area (Å²) in [5.74, 6) is 0.332. The summed E-state index contributed by atoms with van der Waals surface area (Å²) in [5.41, 5.74) is 1.13. The SMILES string of the molecule is COc1nc(NC2CCN(C(=O)c3ccc(NC(=O)/C=C/CN4CCC(F)C4)cc3)C2)ncc1Cl. The summed E-state index contributed by atoms with van der Waals surface area (Å²) in [7, 11) is 1.49. The van der Waals surface area contributed by atoms with E-state index in [1.807, 2.05) is 4.90 Å². The number of nitrogens with one attached hydrogen (secondary N) is 2. The molecule has 2 aromatic rings. The van der Waals surface area contributed by atoms with Crippen LogP contribution in [-0.2, 0) is 4.79 Å². The molecule has 2 saturated heterocycles. The Morgan fingerprint density at radius 2 is 2.03 bits per heavy atom. The van der Waals surface area contributed by atoms with Crippen molar-refractivity contribution in [3.05, 3.63) is 53.2 Å². The maximum Gasteiger partial charge on any atom is 0.253 e. The van der Waals surface area contributed by atoms with Gasteiger partial charge in [0.25, 0.3) is 5.91 Å². The molecular formula is C24H28ClFN6O3. The van der Waals surface area contributed by atoms with Crippen LogP contribution in [0.3, 0.4) is 0 Å². The van der Waals surface area contributed by atoms with Gasteiger partial charge in [-0.2, -0.15) is 4.98 Å². The van der Waals surface area contributed by atoms with Gasteiger partial charge in [-0.05, 0) is 37.1 Å². The molecule has 2 fully saturated rings. The molecule has 35 heavy (non-hydrogen) atoms. The van der Waals surface area contributed by atoms with E-state index in [0.717, 1.165) is 6.42 Å². The molecular weight excluding hydrogens is 475 g/mol. The Kier molecular flexibility index (Phi) is 8.14. The number of hydrogen-bond donors (Lipinski definition) is 2. The first-order chi connectivity index (χ1) is 16.9. The maximum atomic E-state index is 13.2. The van der Waals surface area contributed by atoms with Crippen molar-refractivity contribution >= 4 is 35.1 Å². The first kappa shape index (κ1) is 24.9. The Labute approximate surface area is 208 Å². The van der Waals surface area contributed by atoms with Gasteiger partial charge >= 0.3 is 0 Å². The van der Waals surface area contributed by atoms with Crippen molar-refractivity contribution in [2.75, 3.05) is 50.5 Å². The minimum atomic E-state index is -0.775. The molecule has 4 rings (SSSR count). The highest BCUT2D eigenvalue weighted by atomic mass is 35.5. The van der Waals surface area contributed by atoms with Gasteiger partial charge in [-0.1, -0.05) is 17.7 Å². The molecule has 186 valence electrons. The van der Waals surface area contributed by atoms with Crippen molar-refractivity contribution in [3.8, 4) is 5.88 Å². The van der Waals surface area contributed by atoms with Gasteiger partial charge < -0.3 is 20.3 Å². The van der Waals surface area contributed by atoms with E-state index in [0.29, 0.717) is 67.2 Å². The van der Waals surface area contributed by atoms with E-state index in [2.05, 4.69) is 20.6 Å². The van der Waals surface area contributed by atoms with Gasteiger partial charge in [-0.3, -0.25) is 14.5 Å².